The van der Waals surface area contributed by atoms with Crippen molar-refractivity contribution in [2.24, 2.45) is 10.7 Å². The van der Waals surface area contributed by atoms with Crippen LogP contribution in [0.4, 0.5) is 0 Å². The molecule has 0 aromatic carbocycles. The number of nitrogens with two attached hydrogens (primary N) is 1. The third-order valence-corrected chi connectivity index (χ3v) is 2.38. The second-order valence-electron chi connectivity index (χ2n) is 3.23. The fraction of sp³-hybridized carbons (Fsp3) is 0.857. The molecule has 0 aromatic heterocycles. The van der Waals surface area contributed by atoms with Gasteiger partial charge in [-0.25, -0.2) is 4.99 Å². The average molecular weight is 156 g/mol. The first-order valence-electron chi connectivity index (χ1n) is 3.75. The number of hydrogen-bond acceptors (Lipinski definition) is 4. The number of methoxy groups -OCH3 is 1. The summed E-state index contributed by atoms with van der Waals surface area (Å²) >= 11 is 0. The van der Waals surface area contributed by atoms with E-state index in [9.17, 15) is 0 Å². The molecular formula is C7H12N2O2. The van der Waals surface area contributed by atoms with E-state index < -0.39 is 0 Å². The molecule has 0 unspecified atom stereocenters. The molecule has 0 bridgehead atoms. The van der Waals surface area contributed by atoms with Gasteiger partial charge in [0, 0.05) is 20.0 Å². The van der Waals surface area contributed by atoms with Gasteiger partial charge in [-0.05, 0) is 0 Å². The van der Waals surface area contributed by atoms with Crippen molar-refractivity contribution in [1.82, 2.24) is 0 Å². The Morgan fingerprint density at radius 2 is 2.45 bits per heavy atom. The van der Waals surface area contributed by atoms with Crippen LogP contribution in [-0.4, -0.2) is 31.4 Å². The SMILES string of the molecule is COC1CC2(COC(N)=N2)C1. The molecule has 1 aliphatic heterocycles. The molecule has 4 heteroatoms. The van der Waals surface area contributed by atoms with Gasteiger partial charge in [0.25, 0.3) is 6.02 Å². The van der Waals surface area contributed by atoms with E-state index >= 15 is 0 Å². The van der Waals surface area contributed by atoms with Crippen molar-refractivity contribution < 1.29 is 9.47 Å². The van der Waals surface area contributed by atoms with Crippen LogP contribution < -0.4 is 5.73 Å². The zero-order valence-corrected chi connectivity index (χ0v) is 6.54. The molecule has 62 valence electrons. The molecule has 0 aromatic rings. The summed E-state index contributed by atoms with van der Waals surface area (Å²) in [7, 11) is 1.72. The second kappa shape index (κ2) is 2.11. The van der Waals surface area contributed by atoms with Crippen molar-refractivity contribution in [2.75, 3.05) is 13.7 Å². The Morgan fingerprint density at radius 3 is 2.91 bits per heavy atom. The summed E-state index contributed by atoms with van der Waals surface area (Å²) in [6.45, 7) is 0.638. The van der Waals surface area contributed by atoms with Gasteiger partial charge >= 0.3 is 0 Å². The van der Waals surface area contributed by atoms with Gasteiger partial charge in [-0.1, -0.05) is 0 Å². The average Bonchev–Trinajstić information content (AvgIpc) is 2.28. The molecule has 11 heavy (non-hydrogen) atoms. The van der Waals surface area contributed by atoms with Crippen molar-refractivity contribution >= 4 is 6.02 Å². The van der Waals surface area contributed by atoms with E-state index in [1.165, 1.54) is 0 Å². The lowest BCUT2D eigenvalue weighted by Gasteiger charge is -2.39. The van der Waals surface area contributed by atoms with Crippen LogP contribution >= 0.6 is 0 Å². The standard InChI is InChI=1S/C7H12N2O2/c1-10-5-2-7(3-5)4-11-6(8)9-7/h5H,2-4H2,1H3,(H2,8,9). The van der Waals surface area contributed by atoms with Crippen molar-refractivity contribution in [3.05, 3.63) is 0 Å². The number of nitrogens with zero attached hydrogens (tertiary/aromatic N) is 1. The van der Waals surface area contributed by atoms with Gasteiger partial charge in [-0.15, -0.1) is 0 Å². The maximum atomic E-state index is 5.39. The lowest BCUT2D eigenvalue weighted by Crippen LogP contribution is -2.47. The smallest absolute Gasteiger partial charge is 0.282 e. The molecule has 1 aliphatic carbocycles. The van der Waals surface area contributed by atoms with Crippen molar-refractivity contribution in [3.8, 4) is 0 Å². The highest BCUT2D eigenvalue weighted by Gasteiger charge is 2.48. The minimum atomic E-state index is -0.0231. The van der Waals surface area contributed by atoms with Gasteiger partial charge < -0.3 is 15.2 Å². The topological polar surface area (TPSA) is 56.8 Å². The third-order valence-electron chi connectivity index (χ3n) is 2.38. The number of amidine groups is 1. The molecule has 4 nitrogen and oxygen atoms in total. The van der Waals surface area contributed by atoms with Gasteiger partial charge in [-0.2, -0.15) is 0 Å². The molecule has 2 N–H and O–H groups in total. The van der Waals surface area contributed by atoms with Gasteiger partial charge in [0.2, 0.25) is 0 Å². The van der Waals surface area contributed by atoms with Crippen molar-refractivity contribution in [3.63, 3.8) is 0 Å². The quantitative estimate of drug-likeness (QED) is 0.575. The first kappa shape index (κ1) is 6.91. The predicted molar refractivity (Wildman–Crippen MR) is 40.3 cm³/mol. The van der Waals surface area contributed by atoms with Crippen LogP contribution in [0.3, 0.4) is 0 Å². The van der Waals surface area contributed by atoms with E-state index in [1.807, 2.05) is 0 Å². The van der Waals surface area contributed by atoms with Crippen LogP contribution in [0.1, 0.15) is 12.8 Å². The van der Waals surface area contributed by atoms with Crippen LogP contribution in [0, 0.1) is 0 Å². The molecule has 0 saturated heterocycles. The molecule has 2 aliphatic rings. The minimum absolute atomic E-state index is 0.0231. The lowest BCUT2D eigenvalue weighted by molar-refractivity contribution is -0.0212. The molecular weight excluding hydrogens is 144 g/mol. The molecule has 0 amide bonds. The number of hydrogen-bond donors (Lipinski definition) is 1. The second-order valence-corrected chi connectivity index (χ2v) is 3.23. The monoisotopic (exact) mass is 156 g/mol. The molecule has 1 heterocycles. The molecule has 0 atom stereocenters. The predicted octanol–water partition coefficient (Wildman–Crippen LogP) is -0.121. The van der Waals surface area contributed by atoms with E-state index in [-0.39, 0.29) is 5.54 Å². The van der Waals surface area contributed by atoms with Gasteiger partial charge in [-0.3, -0.25) is 0 Å². The zero-order valence-electron chi connectivity index (χ0n) is 6.54. The van der Waals surface area contributed by atoms with E-state index in [4.69, 9.17) is 15.2 Å². The Kier molecular flexibility index (Phi) is 1.32. The van der Waals surface area contributed by atoms with Gasteiger partial charge in [0.15, 0.2) is 0 Å². The van der Waals surface area contributed by atoms with E-state index in [0.29, 0.717) is 18.7 Å². The highest BCUT2D eigenvalue weighted by atomic mass is 16.5. The minimum Gasteiger partial charge on any atom is -0.463 e. The summed E-state index contributed by atoms with van der Waals surface area (Å²) in [5.41, 5.74) is 5.37. The Morgan fingerprint density at radius 1 is 1.73 bits per heavy atom. The van der Waals surface area contributed by atoms with Crippen LogP contribution in [0.15, 0.2) is 4.99 Å². The summed E-state index contributed by atoms with van der Waals surface area (Å²) in [6, 6.07) is 0.333. The highest BCUT2D eigenvalue weighted by Crippen LogP contribution is 2.40. The van der Waals surface area contributed by atoms with E-state index in [0.717, 1.165) is 12.8 Å². The Balaban J connectivity index is 1.97. The molecule has 2 rings (SSSR count). The normalized spacial score (nSPS) is 41.5. The largest absolute Gasteiger partial charge is 0.463 e. The Hall–Kier alpha value is -0.770. The summed E-state index contributed by atoms with van der Waals surface area (Å²) in [5, 5.41) is 0. The van der Waals surface area contributed by atoms with Crippen LogP contribution in [0.2, 0.25) is 0 Å². The molecule has 1 spiro atoms. The summed E-state index contributed by atoms with van der Waals surface area (Å²) in [6.07, 6.45) is 2.25. The molecule has 1 saturated carbocycles. The number of aliphatic imine (C=N–C) groups is 1. The Labute approximate surface area is 65.4 Å². The summed E-state index contributed by atoms with van der Waals surface area (Å²) < 4.78 is 10.2. The Bertz CT molecular complexity index is 197. The van der Waals surface area contributed by atoms with Crippen LogP contribution in [-0.2, 0) is 9.47 Å². The molecule has 0 radical (unpaired) electrons. The van der Waals surface area contributed by atoms with Gasteiger partial charge in [0.1, 0.15) is 12.1 Å². The van der Waals surface area contributed by atoms with Crippen molar-refractivity contribution in [1.29, 1.82) is 0 Å². The zero-order chi connectivity index (χ0) is 7.90. The number of rotatable bonds is 1. The highest BCUT2D eigenvalue weighted by molar-refractivity contribution is 5.74. The lowest BCUT2D eigenvalue weighted by atomic mass is 9.76. The summed E-state index contributed by atoms with van der Waals surface area (Å²) in [4.78, 5) is 4.22. The van der Waals surface area contributed by atoms with Crippen LogP contribution in [0.25, 0.3) is 0 Å². The maximum absolute atomic E-state index is 5.39. The fourth-order valence-corrected chi connectivity index (χ4v) is 1.67. The first-order valence-corrected chi connectivity index (χ1v) is 3.75. The van der Waals surface area contributed by atoms with Gasteiger partial charge in [0.05, 0.1) is 6.10 Å². The van der Waals surface area contributed by atoms with Crippen LogP contribution in [0.5, 0.6) is 0 Å². The summed E-state index contributed by atoms with van der Waals surface area (Å²) in [5.74, 6) is 0. The first-order chi connectivity index (χ1) is 5.24. The number of ether oxygens (including phenoxy) is 2. The van der Waals surface area contributed by atoms with E-state index in [2.05, 4.69) is 4.99 Å². The van der Waals surface area contributed by atoms with Crippen molar-refractivity contribution in [2.45, 2.75) is 24.5 Å². The van der Waals surface area contributed by atoms with E-state index in [1.54, 1.807) is 7.11 Å². The molecule has 1 fully saturated rings. The fourth-order valence-electron chi connectivity index (χ4n) is 1.67. The maximum Gasteiger partial charge on any atom is 0.282 e. The third kappa shape index (κ3) is 0.976.